The topological polar surface area (TPSA) is 97.0 Å². The van der Waals surface area contributed by atoms with Crippen LogP contribution in [-0.4, -0.2) is 67.8 Å². The predicted octanol–water partition coefficient (Wildman–Crippen LogP) is 3.84. The third kappa shape index (κ3) is 4.71. The molecule has 0 saturated carbocycles. The fraction of sp³-hybridized carbons (Fsp3) is 0.385. The van der Waals surface area contributed by atoms with Crippen molar-refractivity contribution in [3.05, 3.63) is 54.1 Å². The molecular formula is C26H31N7O3. The molecule has 4 heterocycles. The first-order valence-electron chi connectivity index (χ1n) is 12.0. The summed E-state index contributed by atoms with van der Waals surface area (Å²) in [7, 11) is 1.85. The van der Waals surface area contributed by atoms with Crippen molar-refractivity contribution in [3.63, 3.8) is 0 Å². The third-order valence-corrected chi connectivity index (χ3v) is 6.11. The van der Waals surface area contributed by atoms with Crippen LogP contribution >= 0.6 is 0 Å². The average Bonchev–Trinajstić information content (AvgIpc) is 3.38. The van der Waals surface area contributed by atoms with E-state index in [9.17, 15) is 9.59 Å². The zero-order valence-electron chi connectivity index (χ0n) is 21.3. The van der Waals surface area contributed by atoms with E-state index in [0.29, 0.717) is 42.9 Å². The Morgan fingerprint density at radius 1 is 1.00 bits per heavy atom. The molecule has 0 radical (unpaired) electrons. The van der Waals surface area contributed by atoms with Gasteiger partial charge in [0.1, 0.15) is 16.8 Å². The average molecular weight is 490 g/mol. The number of rotatable bonds is 3. The monoisotopic (exact) mass is 489 g/mol. The number of pyridine rings is 1. The van der Waals surface area contributed by atoms with E-state index in [1.807, 2.05) is 82.0 Å². The molecule has 0 atom stereocenters. The standard InChI is InChI=1S/C26H31N7O3/c1-17-14-33-15-18(6-9-22(33)27-17)28-24(34)19-7-8-21(20-16-30(5)29-23(19)20)31-10-12-32(13-11-31)25(35)36-26(2,3)4/h6-9,14-16H,10-13H2,1-5H3,(H,28,34). The molecule has 4 aromatic rings. The van der Waals surface area contributed by atoms with Crippen molar-refractivity contribution in [1.82, 2.24) is 24.1 Å². The van der Waals surface area contributed by atoms with E-state index in [0.717, 1.165) is 22.4 Å². The molecule has 36 heavy (non-hydrogen) atoms. The number of aromatic nitrogens is 4. The Balaban J connectivity index is 1.35. The highest BCUT2D eigenvalue weighted by atomic mass is 16.6. The fourth-order valence-corrected chi connectivity index (χ4v) is 4.51. The molecule has 0 unspecified atom stereocenters. The second-order valence-corrected chi connectivity index (χ2v) is 10.2. The van der Waals surface area contributed by atoms with Gasteiger partial charge >= 0.3 is 6.09 Å². The molecule has 188 valence electrons. The number of fused-ring (bicyclic) bond motifs is 2. The van der Waals surface area contributed by atoms with E-state index >= 15 is 0 Å². The Hall–Kier alpha value is -4.08. The fourth-order valence-electron chi connectivity index (χ4n) is 4.51. The quantitative estimate of drug-likeness (QED) is 0.470. The number of nitrogens with zero attached hydrogens (tertiary/aromatic N) is 6. The number of piperazine rings is 1. The second-order valence-electron chi connectivity index (χ2n) is 10.2. The molecule has 0 spiro atoms. The minimum atomic E-state index is -0.518. The highest BCUT2D eigenvalue weighted by Crippen LogP contribution is 2.30. The van der Waals surface area contributed by atoms with Gasteiger partial charge in [0, 0.05) is 62.9 Å². The predicted molar refractivity (Wildman–Crippen MR) is 139 cm³/mol. The Kier molecular flexibility index (Phi) is 5.82. The number of imidazole rings is 1. The van der Waals surface area contributed by atoms with Gasteiger partial charge in [0.25, 0.3) is 5.91 Å². The summed E-state index contributed by atoms with van der Waals surface area (Å²) in [6.07, 6.45) is 5.41. The number of nitrogens with one attached hydrogen (secondary N) is 1. The van der Waals surface area contributed by atoms with Crippen LogP contribution in [0.3, 0.4) is 0 Å². The largest absolute Gasteiger partial charge is 0.444 e. The van der Waals surface area contributed by atoms with Crippen LogP contribution in [-0.2, 0) is 11.8 Å². The van der Waals surface area contributed by atoms with Gasteiger partial charge in [-0.05, 0) is 52.0 Å². The van der Waals surface area contributed by atoms with Crippen LogP contribution in [0.2, 0.25) is 0 Å². The number of carbonyl (C=O) groups is 2. The smallest absolute Gasteiger partial charge is 0.410 e. The second kappa shape index (κ2) is 8.85. The van der Waals surface area contributed by atoms with Gasteiger partial charge in [0.05, 0.1) is 16.9 Å². The highest BCUT2D eigenvalue weighted by molar-refractivity contribution is 6.13. The molecule has 1 aliphatic rings. The SMILES string of the molecule is Cc1cn2cc(NC(=O)c3ccc(N4CCN(C(=O)OC(C)(C)C)CC4)c4cn(C)nc34)ccc2n1. The molecule has 0 bridgehead atoms. The maximum absolute atomic E-state index is 13.2. The zero-order chi connectivity index (χ0) is 25.6. The summed E-state index contributed by atoms with van der Waals surface area (Å²) >= 11 is 0. The van der Waals surface area contributed by atoms with E-state index in [1.54, 1.807) is 9.58 Å². The number of anilines is 2. The van der Waals surface area contributed by atoms with Crippen molar-refractivity contribution in [2.75, 3.05) is 36.4 Å². The lowest BCUT2D eigenvalue weighted by Crippen LogP contribution is -2.50. The lowest BCUT2D eigenvalue weighted by atomic mass is 10.1. The maximum atomic E-state index is 13.2. The van der Waals surface area contributed by atoms with E-state index in [-0.39, 0.29) is 12.0 Å². The number of hydrogen-bond donors (Lipinski definition) is 1. The highest BCUT2D eigenvalue weighted by Gasteiger charge is 2.27. The Morgan fingerprint density at radius 3 is 2.47 bits per heavy atom. The van der Waals surface area contributed by atoms with Gasteiger partial charge in [-0.25, -0.2) is 9.78 Å². The van der Waals surface area contributed by atoms with Gasteiger partial charge < -0.3 is 24.3 Å². The number of benzene rings is 1. The van der Waals surface area contributed by atoms with E-state index in [4.69, 9.17) is 4.74 Å². The summed E-state index contributed by atoms with van der Waals surface area (Å²) in [5.74, 6) is -0.226. The molecule has 10 nitrogen and oxygen atoms in total. The van der Waals surface area contributed by atoms with Gasteiger partial charge in [-0.3, -0.25) is 9.48 Å². The van der Waals surface area contributed by atoms with E-state index in [2.05, 4.69) is 20.3 Å². The summed E-state index contributed by atoms with van der Waals surface area (Å²) in [6.45, 7) is 10.0. The van der Waals surface area contributed by atoms with Gasteiger partial charge in [0.2, 0.25) is 0 Å². The van der Waals surface area contributed by atoms with Crippen molar-refractivity contribution in [2.45, 2.75) is 33.3 Å². The summed E-state index contributed by atoms with van der Waals surface area (Å²) in [5.41, 5.74) is 4.04. The van der Waals surface area contributed by atoms with Gasteiger partial charge in [-0.1, -0.05) is 0 Å². The summed E-state index contributed by atoms with van der Waals surface area (Å²) in [6, 6.07) is 7.50. The first-order valence-corrected chi connectivity index (χ1v) is 12.0. The molecule has 1 N–H and O–H groups in total. The van der Waals surface area contributed by atoms with Crippen LogP contribution in [0.4, 0.5) is 16.2 Å². The van der Waals surface area contributed by atoms with Crippen molar-refractivity contribution in [3.8, 4) is 0 Å². The summed E-state index contributed by atoms with van der Waals surface area (Å²) < 4.78 is 9.13. The normalized spacial score (nSPS) is 14.5. The maximum Gasteiger partial charge on any atom is 0.410 e. The summed E-state index contributed by atoms with van der Waals surface area (Å²) in [4.78, 5) is 34.1. The lowest BCUT2D eigenvalue weighted by Gasteiger charge is -2.37. The first-order chi connectivity index (χ1) is 17.1. The molecule has 1 aromatic carbocycles. The van der Waals surface area contributed by atoms with Gasteiger partial charge in [-0.2, -0.15) is 5.10 Å². The van der Waals surface area contributed by atoms with Crippen LogP contribution in [0.15, 0.2) is 42.9 Å². The Labute approximate surface area is 209 Å². The number of amides is 2. The van der Waals surface area contributed by atoms with Crippen molar-refractivity contribution in [2.24, 2.45) is 7.05 Å². The minimum absolute atomic E-state index is 0.226. The number of aryl methyl sites for hydroxylation is 2. The Bertz CT molecular complexity index is 1460. The number of ether oxygens (including phenoxy) is 1. The number of carbonyl (C=O) groups excluding carboxylic acids is 2. The van der Waals surface area contributed by atoms with E-state index < -0.39 is 5.60 Å². The molecule has 1 fully saturated rings. The molecule has 5 rings (SSSR count). The van der Waals surface area contributed by atoms with Crippen LogP contribution in [0.25, 0.3) is 16.6 Å². The van der Waals surface area contributed by atoms with E-state index in [1.165, 1.54) is 0 Å². The van der Waals surface area contributed by atoms with Crippen molar-refractivity contribution >= 4 is 39.9 Å². The third-order valence-electron chi connectivity index (χ3n) is 6.11. The summed E-state index contributed by atoms with van der Waals surface area (Å²) in [5, 5.41) is 8.49. The molecule has 10 heteroatoms. The first kappa shape index (κ1) is 23.7. The molecule has 2 amide bonds. The van der Waals surface area contributed by atoms with Crippen LogP contribution < -0.4 is 10.2 Å². The molecular weight excluding hydrogens is 458 g/mol. The lowest BCUT2D eigenvalue weighted by molar-refractivity contribution is 0.0240. The molecule has 3 aromatic heterocycles. The molecule has 1 aliphatic heterocycles. The van der Waals surface area contributed by atoms with Gasteiger partial charge in [0.15, 0.2) is 0 Å². The minimum Gasteiger partial charge on any atom is -0.444 e. The van der Waals surface area contributed by atoms with Crippen LogP contribution in [0.1, 0.15) is 36.8 Å². The Morgan fingerprint density at radius 2 is 1.75 bits per heavy atom. The van der Waals surface area contributed by atoms with Crippen LogP contribution in [0, 0.1) is 6.92 Å². The van der Waals surface area contributed by atoms with Crippen LogP contribution in [0.5, 0.6) is 0 Å². The van der Waals surface area contributed by atoms with Crippen molar-refractivity contribution < 1.29 is 14.3 Å². The number of hydrogen-bond acceptors (Lipinski definition) is 6. The van der Waals surface area contributed by atoms with Crippen molar-refractivity contribution in [1.29, 1.82) is 0 Å². The molecule has 0 aliphatic carbocycles. The molecule has 1 saturated heterocycles. The van der Waals surface area contributed by atoms with Gasteiger partial charge in [-0.15, -0.1) is 0 Å². The zero-order valence-corrected chi connectivity index (χ0v) is 21.3.